The molecule has 0 radical (unpaired) electrons. The van der Waals surface area contributed by atoms with Crippen LogP contribution in [0, 0.1) is 18.2 Å². The maximum absolute atomic E-state index is 12.9. The summed E-state index contributed by atoms with van der Waals surface area (Å²) in [6.07, 6.45) is 4.73. The molecule has 0 atom stereocenters. The molecule has 1 aromatic carbocycles. The number of benzene rings is 1. The Hall–Kier alpha value is -1.53. The quantitative estimate of drug-likeness (QED) is 0.299. The molecule has 0 heterocycles. The molecular formula is C9H4ClFO2. The van der Waals surface area contributed by atoms with E-state index in [-0.39, 0.29) is 10.8 Å². The lowest BCUT2D eigenvalue weighted by Crippen LogP contribution is -2.05. The van der Waals surface area contributed by atoms with Crippen molar-refractivity contribution in [3.05, 3.63) is 29.0 Å². The molecule has 0 unspecified atom stereocenters. The number of esters is 1. The van der Waals surface area contributed by atoms with Gasteiger partial charge in [-0.15, -0.1) is 6.42 Å². The standard InChI is InChI=1S/C9H4ClFO2/c1-2-9(12)13-8-4-3-6(10)5-7(8)11/h1,3-5H. The van der Waals surface area contributed by atoms with Crippen molar-refractivity contribution in [1.82, 2.24) is 0 Å². The maximum atomic E-state index is 12.9. The highest BCUT2D eigenvalue weighted by atomic mass is 35.5. The molecule has 0 spiro atoms. The van der Waals surface area contributed by atoms with Crippen molar-refractivity contribution >= 4 is 17.6 Å². The number of carbonyl (C=O) groups excluding carboxylic acids is 1. The van der Waals surface area contributed by atoms with Crippen molar-refractivity contribution in [2.45, 2.75) is 0 Å². The molecule has 2 nitrogen and oxygen atoms in total. The van der Waals surface area contributed by atoms with Crippen molar-refractivity contribution < 1.29 is 13.9 Å². The zero-order chi connectivity index (χ0) is 9.84. The minimum Gasteiger partial charge on any atom is -0.414 e. The van der Waals surface area contributed by atoms with Crippen molar-refractivity contribution in [1.29, 1.82) is 0 Å². The van der Waals surface area contributed by atoms with Crippen LogP contribution in [0.1, 0.15) is 0 Å². The van der Waals surface area contributed by atoms with Gasteiger partial charge in [0, 0.05) is 10.9 Å². The van der Waals surface area contributed by atoms with Gasteiger partial charge in [0.2, 0.25) is 0 Å². The second-order valence-electron chi connectivity index (χ2n) is 2.11. The number of hydrogen-bond donors (Lipinski definition) is 0. The van der Waals surface area contributed by atoms with Crippen LogP contribution in [-0.4, -0.2) is 5.97 Å². The predicted molar refractivity (Wildman–Crippen MR) is 45.9 cm³/mol. The summed E-state index contributed by atoms with van der Waals surface area (Å²) in [6.45, 7) is 0. The van der Waals surface area contributed by atoms with Gasteiger partial charge in [0.15, 0.2) is 11.6 Å². The molecule has 0 aliphatic rings. The van der Waals surface area contributed by atoms with Crippen LogP contribution in [0.5, 0.6) is 5.75 Å². The second-order valence-corrected chi connectivity index (χ2v) is 2.55. The molecular weight excluding hydrogens is 195 g/mol. The first-order valence-corrected chi connectivity index (χ1v) is 3.65. The van der Waals surface area contributed by atoms with Gasteiger partial charge in [0.05, 0.1) is 0 Å². The molecule has 0 fully saturated rings. The molecule has 0 saturated heterocycles. The van der Waals surface area contributed by atoms with Gasteiger partial charge in [-0.2, -0.15) is 0 Å². The molecule has 13 heavy (non-hydrogen) atoms. The van der Waals surface area contributed by atoms with Crippen LogP contribution in [0.3, 0.4) is 0 Å². The Morgan fingerprint density at radius 2 is 2.31 bits per heavy atom. The molecule has 0 saturated carbocycles. The maximum Gasteiger partial charge on any atom is 0.389 e. The van der Waals surface area contributed by atoms with Gasteiger partial charge < -0.3 is 4.74 Å². The van der Waals surface area contributed by atoms with Crippen molar-refractivity contribution in [2.24, 2.45) is 0 Å². The molecule has 0 aliphatic heterocycles. The lowest BCUT2D eigenvalue weighted by Gasteiger charge is -2.00. The highest BCUT2D eigenvalue weighted by Crippen LogP contribution is 2.20. The molecule has 1 rings (SSSR count). The highest BCUT2D eigenvalue weighted by Gasteiger charge is 2.06. The molecule has 0 aromatic heterocycles. The summed E-state index contributed by atoms with van der Waals surface area (Å²) in [7, 11) is 0. The Kier molecular flexibility index (Phi) is 2.88. The Bertz CT molecular complexity index is 382. The van der Waals surface area contributed by atoms with Crippen LogP contribution in [0.4, 0.5) is 4.39 Å². The van der Waals surface area contributed by atoms with E-state index in [4.69, 9.17) is 18.0 Å². The van der Waals surface area contributed by atoms with E-state index in [9.17, 15) is 9.18 Å². The van der Waals surface area contributed by atoms with Crippen LogP contribution < -0.4 is 4.74 Å². The summed E-state index contributed by atoms with van der Waals surface area (Å²) in [4.78, 5) is 10.6. The smallest absolute Gasteiger partial charge is 0.389 e. The van der Waals surface area contributed by atoms with Crippen molar-refractivity contribution in [3.8, 4) is 18.1 Å². The average Bonchev–Trinajstić information content (AvgIpc) is 2.09. The average molecular weight is 199 g/mol. The van der Waals surface area contributed by atoms with E-state index >= 15 is 0 Å². The summed E-state index contributed by atoms with van der Waals surface area (Å²) < 4.78 is 17.4. The summed E-state index contributed by atoms with van der Waals surface area (Å²) in [6, 6.07) is 3.65. The van der Waals surface area contributed by atoms with Gasteiger partial charge in [-0.25, -0.2) is 9.18 Å². The Morgan fingerprint density at radius 3 is 2.85 bits per heavy atom. The summed E-state index contributed by atoms with van der Waals surface area (Å²) in [5, 5.41) is 0.220. The van der Waals surface area contributed by atoms with Gasteiger partial charge in [-0.05, 0) is 18.2 Å². The topological polar surface area (TPSA) is 26.3 Å². The van der Waals surface area contributed by atoms with Gasteiger partial charge in [0.25, 0.3) is 0 Å². The summed E-state index contributed by atoms with van der Waals surface area (Å²) >= 11 is 5.47. The monoisotopic (exact) mass is 198 g/mol. The Balaban J connectivity index is 2.91. The van der Waals surface area contributed by atoms with E-state index in [0.717, 1.165) is 6.07 Å². The summed E-state index contributed by atoms with van der Waals surface area (Å²) in [5.41, 5.74) is 0. The van der Waals surface area contributed by atoms with Gasteiger partial charge >= 0.3 is 5.97 Å². The zero-order valence-electron chi connectivity index (χ0n) is 6.38. The van der Waals surface area contributed by atoms with E-state index in [2.05, 4.69) is 4.74 Å². The number of halogens is 2. The molecule has 1 aromatic rings. The minimum absolute atomic E-state index is 0.220. The number of ether oxygens (including phenoxy) is 1. The number of hydrogen-bond acceptors (Lipinski definition) is 2. The first kappa shape index (κ1) is 9.56. The van der Waals surface area contributed by atoms with Gasteiger partial charge in [-0.3, -0.25) is 0 Å². The number of carbonyl (C=O) groups is 1. The molecule has 0 N–H and O–H groups in total. The first-order valence-electron chi connectivity index (χ1n) is 3.27. The number of rotatable bonds is 1. The number of terminal acetylenes is 1. The lowest BCUT2D eigenvalue weighted by atomic mass is 10.3. The first-order chi connectivity index (χ1) is 6.13. The SMILES string of the molecule is C#CC(=O)Oc1ccc(Cl)cc1F. The molecule has 66 valence electrons. The summed E-state index contributed by atoms with van der Waals surface area (Å²) in [5.74, 6) is -0.204. The Labute approximate surface area is 79.3 Å². The third-order valence-corrected chi connectivity index (χ3v) is 1.45. The normalized spacial score (nSPS) is 9.00. The fourth-order valence-corrected chi connectivity index (χ4v) is 0.846. The lowest BCUT2D eigenvalue weighted by molar-refractivity contribution is -0.128. The fraction of sp³-hybridized carbons (Fsp3) is 0. The van der Waals surface area contributed by atoms with Crippen molar-refractivity contribution in [3.63, 3.8) is 0 Å². The molecule has 0 bridgehead atoms. The highest BCUT2D eigenvalue weighted by molar-refractivity contribution is 6.30. The van der Waals surface area contributed by atoms with E-state index in [1.807, 2.05) is 0 Å². The van der Waals surface area contributed by atoms with Crippen LogP contribution >= 0.6 is 11.6 Å². The molecule has 0 aliphatic carbocycles. The predicted octanol–water partition coefficient (Wildman–Crippen LogP) is 2.02. The van der Waals surface area contributed by atoms with Crippen LogP contribution in [0.2, 0.25) is 5.02 Å². The largest absolute Gasteiger partial charge is 0.414 e. The van der Waals surface area contributed by atoms with E-state index < -0.39 is 11.8 Å². The zero-order valence-corrected chi connectivity index (χ0v) is 7.14. The van der Waals surface area contributed by atoms with E-state index in [1.54, 1.807) is 5.92 Å². The van der Waals surface area contributed by atoms with Crippen LogP contribution in [0.25, 0.3) is 0 Å². The van der Waals surface area contributed by atoms with E-state index in [1.165, 1.54) is 12.1 Å². The Morgan fingerprint density at radius 1 is 1.62 bits per heavy atom. The fourth-order valence-electron chi connectivity index (χ4n) is 0.687. The third kappa shape index (κ3) is 2.46. The third-order valence-electron chi connectivity index (χ3n) is 1.21. The minimum atomic E-state index is -0.943. The van der Waals surface area contributed by atoms with Crippen LogP contribution in [0.15, 0.2) is 18.2 Å². The van der Waals surface area contributed by atoms with Crippen LogP contribution in [-0.2, 0) is 4.79 Å². The van der Waals surface area contributed by atoms with Gasteiger partial charge in [0.1, 0.15) is 0 Å². The second kappa shape index (κ2) is 3.92. The van der Waals surface area contributed by atoms with Crippen molar-refractivity contribution in [2.75, 3.05) is 0 Å². The molecule has 0 amide bonds. The van der Waals surface area contributed by atoms with Gasteiger partial charge in [-0.1, -0.05) is 11.6 Å². The van der Waals surface area contributed by atoms with E-state index in [0.29, 0.717) is 0 Å². The molecule has 4 heteroatoms.